The van der Waals surface area contributed by atoms with Crippen molar-refractivity contribution in [2.75, 3.05) is 6.61 Å². The molecule has 4 nitrogen and oxygen atoms in total. The standard InChI is InChI=1S/C15H21ClN2O2/c16-14-10-12(6-8-17-14)15(20)18-13(7-9-19)11-4-2-1-3-5-11/h6,8,10-11,13,19H,1-5,7,9H2,(H,18,20). The Morgan fingerprint density at radius 3 is 2.85 bits per heavy atom. The molecular weight excluding hydrogens is 276 g/mol. The van der Waals surface area contributed by atoms with E-state index in [1.165, 1.54) is 25.5 Å². The van der Waals surface area contributed by atoms with E-state index in [4.69, 9.17) is 11.6 Å². The van der Waals surface area contributed by atoms with Gasteiger partial charge >= 0.3 is 0 Å². The molecule has 1 aromatic heterocycles. The average molecular weight is 297 g/mol. The Kier molecular flexibility index (Phi) is 5.80. The van der Waals surface area contributed by atoms with Crippen LogP contribution in [-0.4, -0.2) is 28.6 Å². The van der Waals surface area contributed by atoms with Crippen LogP contribution in [0.25, 0.3) is 0 Å². The van der Waals surface area contributed by atoms with E-state index in [9.17, 15) is 9.90 Å². The molecule has 1 unspecified atom stereocenters. The molecule has 0 aliphatic heterocycles. The van der Waals surface area contributed by atoms with Gasteiger partial charge in [0.05, 0.1) is 0 Å². The fourth-order valence-corrected chi connectivity index (χ4v) is 3.07. The van der Waals surface area contributed by atoms with Crippen LogP contribution in [0, 0.1) is 5.92 Å². The van der Waals surface area contributed by atoms with Crippen molar-refractivity contribution in [3.8, 4) is 0 Å². The van der Waals surface area contributed by atoms with E-state index in [-0.39, 0.29) is 18.6 Å². The average Bonchev–Trinajstić information content (AvgIpc) is 2.47. The van der Waals surface area contributed by atoms with E-state index in [0.717, 1.165) is 12.8 Å². The summed E-state index contributed by atoms with van der Waals surface area (Å²) >= 11 is 5.80. The summed E-state index contributed by atoms with van der Waals surface area (Å²) in [6.45, 7) is 0.0958. The monoisotopic (exact) mass is 296 g/mol. The third-order valence-corrected chi connectivity index (χ3v) is 4.17. The summed E-state index contributed by atoms with van der Waals surface area (Å²) in [5.74, 6) is 0.329. The molecule has 1 amide bonds. The summed E-state index contributed by atoms with van der Waals surface area (Å²) in [5, 5.41) is 12.6. The Labute approximate surface area is 124 Å². The second kappa shape index (κ2) is 7.60. The first-order valence-electron chi connectivity index (χ1n) is 7.24. The van der Waals surface area contributed by atoms with Gasteiger partial charge in [0, 0.05) is 24.4 Å². The summed E-state index contributed by atoms with van der Waals surface area (Å²) in [6, 6.07) is 3.26. The quantitative estimate of drug-likeness (QED) is 0.821. The van der Waals surface area contributed by atoms with Crippen molar-refractivity contribution < 1.29 is 9.90 Å². The van der Waals surface area contributed by atoms with Crippen molar-refractivity contribution >= 4 is 17.5 Å². The minimum atomic E-state index is -0.140. The third-order valence-electron chi connectivity index (χ3n) is 3.96. The summed E-state index contributed by atoms with van der Waals surface area (Å²) in [7, 11) is 0. The zero-order valence-electron chi connectivity index (χ0n) is 11.5. The molecule has 1 heterocycles. The van der Waals surface area contributed by atoms with Crippen molar-refractivity contribution in [1.29, 1.82) is 0 Å². The summed E-state index contributed by atoms with van der Waals surface area (Å²) in [6.07, 6.45) is 8.08. The van der Waals surface area contributed by atoms with Crippen LogP contribution in [0.15, 0.2) is 18.3 Å². The highest BCUT2D eigenvalue weighted by Crippen LogP contribution is 2.28. The molecular formula is C15H21ClN2O2. The molecule has 1 atom stereocenters. The van der Waals surface area contributed by atoms with E-state index in [2.05, 4.69) is 10.3 Å². The first-order chi connectivity index (χ1) is 9.70. The Hall–Kier alpha value is -1.13. The number of amides is 1. The molecule has 0 aromatic carbocycles. The van der Waals surface area contributed by atoms with E-state index in [0.29, 0.717) is 23.1 Å². The number of halogens is 1. The predicted molar refractivity (Wildman–Crippen MR) is 78.8 cm³/mol. The van der Waals surface area contributed by atoms with Crippen LogP contribution >= 0.6 is 11.6 Å². The van der Waals surface area contributed by atoms with Gasteiger partial charge in [-0.25, -0.2) is 4.98 Å². The van der Waals surface area contributed by atoms with Crippen LogP contribution in [0.5, 0.6) is 0 Å². The molecule has 1 fully saturated rings. The Balaban J connectivity index is 2.01. The smallest absolute Gasteiger partial charge is 0.251 e. The maximum atomic E-state index is 12.2. The molecule has 0 radical (unpaired) electrons. The number of aliphatic hydroxyl groups is 1. The maximum Gasteiger partial charge on any atom is 0.251 e. The topological polar surface area (TPSA) is 62.2 Å². The minimum Gasteiger partial charge on any atom is -0.396 e. The van der Waals surface area contributed by atoms with Gasteiger partial charge in [-0.05, 0) is 37.3 Å². The number of rotatable bonds is 5. The molecule has 1 aliphatic carbocycles. The van der Waals surface area contributed by atoms with E-state index in [1.54, 1.807) is 12.1 Å². The van der Waals surface area contributed by atoms with Crippen molar-refractivity contribution in [1.82, 2.24) is 10.3 Å². The van der Waals surface area contributed by atoms with Crippen molar-refractivity contribution in [3.05, 3.63) is 29.0 Å². The van der Waals surface area contributed by atoms with Crippen molar-refractivity contribution in [3.63, 3.8) is 0 Å². The van der Waals surface area contributed by atoms with E-state index >= 15 is 0 Å². The second-order valence-electron chi connectivity index (χ2n) is 5.36. The van der Waals surface area contributed by atoms with Crippen LogP contribution in [0.4, 0.5) is 0 Å². The van der Waals surface area contributed by atoms with Gasteiger partial charge in [-0.15, -0.1) is 0 Å². The lowest BCUT2D eigenvalue weighted by Crippen LogP contribution is -2.41. The maximum absolute atomic E-state index is 12.2. The summed E-state index contributed by atoms with van der Waals surface area (Å²) in [4.78, 5) is 16.1. The molecule has 1 aromatic rings. The molecule has 1 saturated carbocycles. The fraction of sp³-hybridized carbons (Fsp3) is 0.600. The van der Waals surface area contributed by atoms with Crippen LogP contribution in [0.1, 0.15) is 48.9 Å². The Morgan fingerprint density at radius 2 is 2.20 bits per heavy atom. The number of aliphatic hydroxyl groups excluding tert-OH is 1. The van der Waals surface area contributed by atoms with E-state index in [1.807, 2.05) is 0 Å². The van der Waals surface area contributed by atoms with Gasteiger partial charge < -0.3 is 10.4 Å². The van der Waals surface area contributed by atoms with Crippen molar-refractivity contribution in [2.24, 2.45) is 5.92 Å². The molecule has 0 bridgehead atoms. The number of pyridine rings is 1. The highest BCUT2D eigenvalue weighted by molar-refractivity contribution is 6.29. The van der Waals surface area contributed by atoms with Gasteiger partial charge in [-0.3, -0.25) is 4.79 Å². The molecule has 0 spiro atoms. The number of nitrogens with one attached hydrogen (secondary N) is 1. The Bertz CT molecular complexity index is 447. The number of carbonyl (C=O) groups is 1. The zero-order valence-corrected chi connectivity index (χ0v) is 12.3. The van der Waals surface area contributed by atoms with Crippen LogP contribution in [-0.2, 0) is 0 Å². The normalized spacial score (nSPS) is 17.7. The zero-order chi connectivity index (χ0) is 14.4. The Morgan fingerprint density at radius 1 is 1.45 bits per heavy atom. The lowest BCUT2D eigenvalue weighted by atomic mass is 9.82. The van der Waals surface area contributed by atoms with Crippen LogP contribution in [0.3, 0.4) is 0 Å². The lowest BCUT2D eigenvalue weighted by Gasteiger charge is -2.30. The second-order valence-corrected chi connectivity index (χ2v) is 5.74. The summed E-state index contributed by atoms with van der Waals surface area (Å²) < 4.78 is 0. The number of carbonyl (C=O) groups excluding carboxylic acids is 1. The predicted octanol–water partition coefficient (Wildman–Crippen LogP) is 2.80. The first-order valence-corrected chi connectivity index (χ1v) is 7.62. The van der Waals surface area contributed by atoms with Crippen LogP contribution in [0.2, 0.25) is 5.15 Å². The minimum absolute atomic E-state index is 0.0414. The van der Waals surface area contributed by atoms with Gasteiger partial charge in [0.15, 0.2) is 0 Å². The molecule has 5 heteroatoms. The van der Waals surface area contributed by atoms with Gasteiger partial charge in [0.1, 0.15) is 5.15 Å². The van der Waals surface area contributed by atoms with Crippen molar-refractivity contribution in [2.45, 2.75) is 44.6 Å². The van der Waals surface area contributed by atoms with Gasteiger partial charge in [0.2, 0.25) is 0 Å². The SMILES string of the molecule is O=C(NC(CCO)C1CCCCC1)c1ccnc(Cl)c1. The van der Waals surface area contributed by atoms with Gasteiger partial charge in [-0.2, -0.15) is 0 Å². The third kappa shape index (κ3) is 4.18. The van der Waals surface area contributed by atoms with Crippen LogP contribution < -0.4 is 5.32 Å². The van der Waals surface area contributed by atoms with Gasteiger partial charge in [-0.1, -0.05) is 30.9 Å². The van der Waals surface area contributed by atoms with Gasteiger partial charge in [0.25, 0.3) is 5.91 Å². The fourth-order valence-electron chi connectivity index (χ4n) is 2.90. The number of nitrogens with zero attached hydrogens (tertiary/aromatic N) is 1. The molecule has 20 heavy (non-hydrogen) atoms. The molecule has 110 valence electrons. The highest BCUT2D eigenvalue weighted by Gasteiger charge is 2.25. The molecule has 1 aliphatic rings. The first kappa shape index (κ1) is 15.3. The summed E-state index contributed by atoms with van der Waals surface area (Å²) in [5.41, 5.74) is 0.517. The highest BCUT2D eigenvalue weighted by atomic mass is 35.5. The number of aromatic nitrogens is 1. The molecule has 2 rings (SSSR count). The largest absolute Gasteiger partial charge is 0.396 e. The lowest BCUT2D eigenvalue weighted by molar-refractivity contribution is 0.0899. The number of hydrogen-bond donors (Lipinski definition) is 2. The molecule has 0 saturated heterocycles. The van der Waals surface area contributed by atoms with E-state index < -0.39 is 0 Å². The number of hydrogen-bond acceptors (Lipinski definition) is 3. The molecule has 2 N–H and O–H groups in total.